The zero-order valence-corrected chi connectivity index (χ0v) is 16.1. The second-order valence-corrected chi connectivity index (χ2v) is 6.38. The molecule has 7 heteroatoms. The fourth-order valence-corrected chi connectivity index (χ4v) is 3.05. The van der Waals surface area contributed by atoms with Gasteiger partial charge in [-0.05, 0) is 44.2 Å². The van der Waals surface area contributed by atoms with Crippen LogP contribution >= 0.6 is 0 Å². The summed E-state index contributed by atoms with van der Waals surface area (Å²) in [5, 5.41) is 12.8. The molecule has 7 nitrogen and oxygen atoms in total. The van der Waals surface area contributed by atoms with Gasteiger partial charge in [0.1, 0.15) is 5.75 Å². The van der Waals surface area contributed by atoms with Crippen molar-refractivity contribution in [2.45, 2.75) is 13.8 Å². The molecule has 0 aliphatic rings. The minimum atomic E-state index is -1.07. The van der Waals surface area contributed by atoms with Crippen LogP contribution in [0.3, 0.4) is 0 Å². The summed E-state index contributed by atoms with van der Waals surface area (Å²) >= 11 is 0. The Labute approximate surface area is 168 Å². The number of carbonyl (C=O) groups excluding carboxylic acids is 1. The topological polar surface area (TPSA) is 92.9 Å². The Kier molecular flexibility index (Phi) is 6.09. The van der Waals surface area contributed by atoms with Crippen LogP contribution in [-0.4, -0.2) is 34.4 Å². The third-order valence-electron chi connectivity index (χ3n) is 4.33. The molecular weight excluding hydrogens is 370 g/mol. The number of nitrogens with zero attached hydrogens (tertiary/aromatic N) is 2. The van der Waals surface area contributed by atoms with E-state index < -0.39 is 12.6 Å². The quantitative estimate of drug-likeness (QED) is 0.477. The third kappa shape index (κ3) is 4.70. The van der Waals surface area contributed by atoms with E-state index in [9.17, 15) is 9.59 Å². The molecule has 1 aromatic heterocycles. The fourth-order valence-electron chi connectivity index (χ4n) is 3.05. The second-order valence-electron chi connectivity index (χ2n) is 6.38. The molecular formula is C22H21N3O4. The monoisotopic (exact) mass is 391 g/mol. The number of rotatable bonds is 7. The van der Waals surface area contributed by atoms with Crippen LogP contribution in [0.4, 0.5) is 0 Å². The third-order valence-corrected chi connectivity index (χ3v) is 4.33. The van der Waals surface area contributed by atoms with Gasteiger partial charge in [0.2, 0.25) is 0 Å². The standard InChI is InChI=1S/C22H21N3O4/c1-15-12-19(16(2)25(15)18-9-4-3-5-10-18)22(28)24-23-13-17-8-6-7-11-20(17)29-14-21(26)27/h3-13H,14H2,1-2H3,(H,24,28)(H,26,27)/b23-13+. The van der Waals surface area contributed by atoms with Gasteiger partial charge in [0.05, 0.1) is 11.8 Å². The molecule has 0 saturated carbocycles. The normalized spacial score (nSPS) is 10.8. The maximum absolute atomic E-state index is 12.6. The lowest BCUT2D eigenvalue weighted by Gasteiger charge is -2.09. The number of hydrogen-bond donors (Lipinski definition) is 2. The number of hydrogen-bond acceptors (Lipinski definition) is 4. The van der Waals surface area contributed by atoms with Crippen LogP contribution in [0.2, 0.25) is 0 Å². The van der Waals surface area contributed by atoms with Gasteiger partial charge in [0.15, 0.2) is 6.61 Å². The molecule has 0 aliphatic carbocycles. The number of aliphatic carboxylic acids is 1. The van der Waals surface area contributed by atoms with E-state index in [1.165, 1.54) is 6.21 Å². The maximum Gasteiger partial charge on any atom is 0.341 e. The highest BCUT2D eigenvalue weighted by Gasteiger charge is 2.16. The lowest BCUT2D eigenvalue weighted by Crippen LogP contribution is -2.18. The molecule has 1 heterocycles. The Bertz CT molecular complexity index is 1060. The highest BCUT2D eigenvalue weighted by atomic mass is 16.5. The smallest absolute Gasteiger partial charge is 0.341 e. The molecule has 29 heavy (non-hydrogen) atoms. The van der Waals surface area contributed by atoms with E-state index in [0.29, 0.717) is 16.9 Å². The molecule has 1 amide bonds. The molecule has 3 rings (SSSR count). The molecule has 0 spiro atoms. The average molecular weight is 391 g/mol. The summed E-state index contributed by atoms with van der Waals surface area (Å²) in [5.41, 5.74) is 6.34. The first-order valence-electron chi connectivity index (χ1n) is 8.98. The molecule has 0 fully saturated rings. The van der Waals surface area contributed by atoms with Crippen LogP contribution in [0.15, 0.2) is 65.8 Å². The number of hydrazone groups is 1. The highest BCUT2D eigenvalue weighted by Crippen LogP contribution is 2.20. The zero-order valence-electron chi connectivity index (χ0n) is 16.1. The molecule has 0 atom stereocenters. The zero-order chi connectivity index (χ0) is 20.8. The van der Waals surface area contributed by atoms with Crippen LogP contribution in [0.25, 0.3) is 5.69 Å². The van der Waals surface area contributed by atoms with Crippen LogP contribution in [0, 0.1) is 13.8 Å². The van der Waals surface area contributed by atoms with E-state index in [1.807, 2.05) is 54.8 Å². The number of aromatic nitrogens is 1. The largest absolute Gasteiger partial charge is 0.481 e. The fraction of sp³-hybridized carbons (Fsp3) is 0.136. The van der Waals surface area contributed by atoms with Crippen molar-refractivity contribution in [3.8, 4) is 11.4 Å². The van der Waals surface area contributed by atoms with Crippen LogP contribution in [0.5, 0.6) is 5.75 Å². The van der Waals surface area contributed by atoms with Crippen molar-refractivity contribution in [2.75, 3.05) is 6.61 Å². The Morgan fingerprint density at radius 2 is 1.79 bits per heavy atom. The number of nitrogens with one attached hydrogen (secondary N) is 1. The van der Waals surface area contributed by atoms with Crippen molar-refractivity contribution in [2.24, 2.45) is 5.10 Å². The average Bonchev–Trinajstić information content (AvgIpc) is 3.02. The van der Waals surface area contributed by atoms with Gasteiger partial charge in [-0.1, -0.05) is 30.3 Å². The second kappa shape index (κ2) is 8.88. The number of aryl methyl sites for hydroxylation is 1. The number of ether oxygens (including phenoxy) is 1. The number of para-hydroxylation sites is 2. The van der Waals surface area contributed by atoms with Gasteiger partial charge >= 0.3 is 5.97 Å². The predicted octanol–water partition coefficient (Wildman–Crippen LogP) is 3.32. The number of carboxylic acids is 1. The van der Waals surface area contributed by atoms with E-state index >= 15 is 0 Å². The van der Waals surface area contributed by atoms with E-state index in [4.69, 9.17) is 9.84 Å². The Balaban J connectivity index is 1.75. The van der Waals surface area contributed by atoms with Crippen molar-refractivity contribution in [3.05, 3.63) is 83.2 Å². The highest BCUT2D eigenvalue weighted by molar-refractivity contribution is 5.96. The van der Waals surface area contributed by atoms with Crippen molar-refractivity contribution < 1.29 is 19.4 Å². The minimum absolute atomic E-state index is 0.333. The Hall–Kier alpha value is -3.87. The van der Waals surface area contributed by atoms with Crippen LogP contribution in [0.1, 0.15) is 27.3 Å². The summed E-state index contributed by atoms with van der Waals surface area (Å²) in [5.74, 6) is -1.03. The van der Waals surface area contributed by atoms with Gasteiger partial charge in [-0.2, -0.15) is 5.10 Å². The first-order valence-corrected chi connectivity index (χ1v) is 8.98. The van der Waals surface area contributed by atoms with Gasteiger partial charge < -0.3 is 14.4 Å². The van der Waals surface area contributed by atoms with Crippen molar-refractivity contribution in [1.29, 1.82) is 0 Å². The predicted molar refractivity (Wildman–Crippen MR) is 110 cm³/mol. The van der Waals surface area contributed by atoms with Gasteiger partial charge in [-0.15, -0.1) is 0 Å². The number of carboxylic acid groups (broad SMARTS) is 1. The Morgan fingerprint density at radius 1 is 1.10 bits per heavy atom. The van der Waals surface area contributed by atoms with Gasteiger partial charge in [0.25, 0.3) is 5.91 Å². The molecule has 3 aromatic rings. The summed E-state index contributed by atoms with van der Waals surface area (Å²) in [4.78, 5) is 23.3. The minimum Gasteiger partial charge on any atom is -0.481 e. The SMILES string of the molecule is Cc1cc(C(=O)N/N=C/c2ccccc2OCC(=O)O)c(C)n1-c1ccccc1. The molecule has 2 aromatic carbocycles. The van der Waals surface area contributed by atoms with E-state index in [1.54, 1.807) is 24.3 Å². The van der Waals surface area contributed by atoms with E-state index in [-0.39, 0.29) is 5.91 Å². The van der Waals surface area contributed by atoms with Crippen LogP contribution < -0.4 is 10.2 Å². The number of benzene rings is 2. The molecule has 2 N–H and O–H groups in total. The van der Waals surface area contributed by atoms with E-state index in [0.717, 1.165) is 17.1 Å². The first kappa shape index (κ1) is 19.9. The molecule has 0 saturated heterocycles. The molecule has 0 radical (unpaired) electrons. The summed E-state index contributed by atoms with van der Waals surface area (Å²) in [6.07, 6.45) is 1.42. The van der Waals surface area contributed by atoms with Gasteiger partial charge in [0, 0.05) is 22.6 Å². The molecule has 148 valence electrons. The first-order chi connectivity index (χ1) is 14.0. The van der Waals surface area contributed by atoms with Crippen LogP contribution in [-0.2, 0) is 4.79 Å². The lowest BCUT2D eigenvalue weighted by atomic mass is 10.2. The van der Waals surface area contributed by atoms with Gasteiger partial charge in [-0.3, -0.25) is 4.79 Å². The summed E-state index contributed by atoms with van der Waals surface area (Å²) in [7, 11) is 0. The number of amides is 1. The molecule has 0 aliphatic heterocycles. The summed E-state index contributed by atoms with van der Waals surface area (Å²) in [6.45, 7) is 3.37. The van der Waals surface area contributed by atoms with Crippen molar-refractivity contribution in [1.82, 2.24) is 9.99 Å². The van der Waals surface area contributed by atoms with Crippen molar-refractivity contribution >= 4 is 18.1 Å². The summed E-state index contributed by atoms with van der Waals surface area (Å²) in [6, 6.07) is 18.5. The molecule has 0 unspecified atom stereocenters. The van der Waals surface area contributed by atoms with E-state index in [2.05, 4.69) is 10.5 Å². The van der Waals surface area contributed by atoms with Gasteiger partial charge in [-0.25, -0.2) is 10.2 Å². The lowest BCUT2D eigenvalue weighted by molar-refractivity contribution is -0.139. The maximum atomic E-state index is 12.6. The summed E-state index contributed by atoms with van der Waals surface area (Å²) < 4.78 is 7.23. The Morgan fingerprint density at radius 3 is 2.52 bits per heavy atom. The van der Waals surface area contributed by atoms with Crippen molar-refractivity contribution in [3.63, 3.8) is 0 Å². The number of carbonyl (C=O) groups is 2. The molecule has 0 bridgehead atoms.